The molecule has 0 bridgehead atoms. The van der Waals surface area contributed by atoms with Gasteiger partial charge in [-0.25, -0.2) is 0 Å². The smallest absolute Gasteiger partial charge is 0.00139 e. The molecule has 0 amide bonds. The Kier molecular flexibility index (Phi) is 8.14. The van der Waals surface area contributed by atoms with Crippen LogP contribution in [0.25, 0.3) is 131 Å². The summed E-state index contributed by atoms with van der Waals surface area (Å²) in [5.74, 6) is 0. The summed E-state index contributed by atoms with van der Waals surface area (Å²) in [5, 5.41) is 20.3. The molecule has 0 heterocycles. The van der Waals surface area contributed by atoms with E-state index < -0.39 is 0 Å². The van der Waals surface area contributed by atoms with Gasteiger partial charge in [0.2, 0.25) is 0 Å². The highest BCUT2D eigenvalue weighted by Crippen LogP contribution is 2.53. The molecule has 13 rings (SSSR count). The fourth-order valence-corrected chi connectivity index (χ4v) is 11.4. The van der Waals surface area contributed by atoms with Crippen molar-refractivity contribution in [1.82, 2.24) is 0 Å². The first-order chi connectivity index (χ1) is 31.7. The van der Waals surface area contributed by atoms with Gasteiger partial charge in [0.05, 0.1) is 0 Å². The lowest BCUT2D eigenvalue weighted by Gasteiger charge is -2.24. The van der Waals surface area contributed by atoms with Gasteiger partial charge in [-0.1, -0.05) is 218 Å². The third kappa shape index (κ3) is 5.23. The van der Waals surface area contributed by atoms with E-state index in [1.165, 1.54) is 142 Å². The van der Waals surface area contributed by atoms with Crippen LogP contribution >= 0.6 is 0 Å². The summed E-state index contributed by atoms with van der Waals surface area (Å²) in [5.41, 5.74) is 12.8. The van der Waals surface area contributed by atoms with Gasteiger partial charge in [-0.2, -0.15) is 0 Å². The van der Waals surface area contributed by atoms with Crippen LogP contribution in [0.15, 0.2) is 218 Å². The van der Waals surface area contributed by atoms with Gasteiger partial charge in [-0.3, -0.25) is 0 Å². The Labute approximate surface area is 372 Å². The number of aryl methyl sites for hydroxylation is 2. The molecule has 0 aliphatic carbocycles. The van der Waals surface area contributed by atoms with Crippen molar-refractivity contribution < 1.29 is 0 Å². The zero-order valence-electron chi connectivity index (χ0n) is 35.8. The summed E-state index contributed by atoms with van der Waals surface area (Å²) in [6.45, 7) is 4.44. The van der Waals surface area contributed by atoms with Gasteiger partial charge in [0.1, 0.15) is 0 Å². The molecule has 0 unspecified atom stereocenters. The molecular weight excluding hydrogens is 769 g/mol. The van der Waals surface area contributed by atoms with E-state index in [9.17, 15) is 0 Å². The SMILES string of the molecule is Cc1ccc(-c2c3ccccc3c(-c3c4ccccc4c(-c4c5ccccc5c(-c5ccc(C)c6ccccc56)c5ccccc45)c4ccccc34)c3ccccc23)c2ccccc12. The molecule has 298 valence electrons. The van der Waals surface area contributed by atoms with Gasteiger partial charge < -0.3 is 0 Å². The van der Waals surface area contributed by atoms with Crippen molar-refractivity contribution >= 4 is 86.2 Å². The molecule has 0 saturated carbocycles. The number of fused-ring (bicyclic) bond motifs is 8. The van der Waals surface area contributed by atoms with Crippen molar-refractivity contribution in [1.29, 1.82) is 0 Å². The molecule has 64 heavy (non-hydrogen) atoms. The van der Waals surface area contributed by atoms with E-state index in [2.05, 4.69) is 232 Å². The third-order valence-corrected chi connectivity index (χ3v) is 14.1. The summed E-state index contributed by atoms with van der Waals surface area (Å²) in [6.07, 6.45) is 0. The number of benzene rings is 13. The minimum absolute atomic E-state index is 1.25. The summed E-state index contributed by atoms with van der Waals surface area (Å²) in [4.78, 5) is 0. The lowest BCUT2D eigenvalue weighted by atomic mass is 9.78. The summed E-state index contributed by atoms with van der Waals surface area (Å²) < 4.78 is 0. The maximum Gasteiger partial charge on any atom is -0.00139 e. The lowest BCUT2D eigenvalue weighted by Crippen LogP contribution is -1.96. The largest absolute Gasteiger partial charge is 0.0616 e. The highest BCUT2D eigenvalue weighted by molar-refractivity contribution is 6.34. The minimum atomic E-state index is 1.25. The Balaban J connectivity index is 1.18. The summed E-state index contributed by atoms with van der Waals surface area (Å²) in [7, 11) is 0. The highest BCUT2D eigenvalue weighted by Gasteiger charge is 2.26. The van der Waals surface area contributed by atoms with Crippen molar-refractivity contribution in [3.63, 3.8) is 0 Å². The molecular formula is C64H42. The molecule has 0 saturated heterocycles. The normalized spacial score (nSPS) is 11.9. The Bertz CT molecular complexity index is 3650. The standard InChI is InChI=1S/C64H42/c1-39-35-37-57(43-21-5-3-19-41(39)43)59-45-23-7-11-27-49(45)61(50-28-12-8-24-46(50)59)63-53-31-15-17-33-55(53)64(56-34-18-16-32-54(56)63)62-51-29-13-9-25-47(51)60(48-26-10-14-30-52(48)62)58-38-36-40(2)42-20-4-6-22-44(42)58/h3-38H,1-2H3. The Morgan fingerprint density at radius 3 is 0.547 bits per heavy atom. The predicted molar refractivity (Wildman–Crippen MR) is 278 cm³/mol. The van der Waals surface area contributed by atoms with E-state index in [1.54, 1.807) is 0 Å². The van der Waals surface area contributed by atoms with Gasteiger partial charge in [0.15, 0.2) is 0 Å². The van der Waals surface area contributed by atoms with E-state index in [1.807, 2.05) is 0 Å². The van der Waals surface area contributed by atoms with Crippen LogP contribution in [0.1, 0.15) is 11.1 Å². The Morgan fingerprint density at radius 1 is 0.156 bits per heavy atom. The quantitative estimate of drug-likeness (QED) is 0.155. The second kappa shape index (κ2) is 14.2. The molecule has 0 spiro atoms. The van der Waals surface area contributed by atoms with Crippen molar-refractivity contribution in [2.75, 3.05) is 0 Å². The molecule has 0 aliphatic rings. The van der Waals surface area contributed by atoms with Gasteiger partial charge in [0.25, 0.3) is 0 Å². The second-order valence-electron chi connectivity index (χ2n) is 17.5. The third-order valence-electron chi connectivity index (χ3n) is 14.1. The zero-order valence-corrected chi connectivity index (χ0v) is 35.8. The van der Waals surface area contributed by atoms with E-state index in [4.69, 9.17) is 0 Å². The van der Waals surface area contributed by atoms with Gasteiger partial charge in [-0.05, 0) is 156 Å². The second-order valence-corrected chi connectivity index (χ2v) is 17.5. The van der Waals surface area contributed by atoms with Crippen LogP contribution in [0.4, 0.5) is 0 Å². The minimum Gasteiger partial charge on any atom is -0.0616 e. The van der Waals surface area contributed by atoms with Crippen LogP contribution in [0.2, 0.25) is 0 Å². The zero-order chi connectivity index (χ0) is 42.5. The van der Waals surface area contributed by atoms with Gasteiger partial charge in [0, 0.05) is 0 Å². The fourth-order valence-electron chi connectivity index (χ4n) is 11.4. The average molecular weight is 811 g/mol. The van der Waals surface area contributed by atoms with Crippen LogP contribution in [-0.2, 0) is 0 Å². The Morgan fingerprint density at radius 2 is 0.328 bits per heavy atom. The lowest BCUT2D eigenvalue weighted by molar-refractivity contribution is 1.53. The van der Waals surface area contributed by atoms with Crippen molar-refractivity contribution in [3.8, 4) is 44.5 Å². The molecule has 0 radical (unpaired) electrons. The molecule has 0 aliphatic heterocycles. The number of hydrogen-bond donors (Lipinski definition) is 0. The monoisotopic (exact) mass is 810 g/mol. The first kappa shape index (κ1) is 36.6. The van der Waals surface area contributed by atoms with E-state index in [0.717, 1.165) is 0 Å². The Hall–Kier alpha value is -8.06. The van der Waals surface area contributed by atoms with Crippen molar-refractivity contribution in [2.24, 2.45) is 0 Å². The number of hydrogen-bond acceptors (Lipinski definition) is 0. The molecule has 0 atom stereocenters. The van der Waals surface area contributed by atoms with Gasteiger partial charge >= 0.3 is 0 Å². The molecule has 0 fully saturated rings. The van der Waals surface area contributed by atoms with E-state index in [0.29, 0.717) is 0 Å². The first-order valence-corrected chi connectivity index (χ1v) is 22.4. The van der Waals surface area contributed by atoms with Gasteiger partial charge in [-0.15, -0.1) is 0 Å². The van der Waals surface area contributed by atoms with Crippen LogP contribution in [0.3, 0.4) is 0 Å². The van der Waals surface area contributed by atoms with Crippen LogP contribution in [-0.4, -0.2) is 0 Å². The molecule has 13 aromatic rings. The van der Waals surface area contributed by atoms with Crippen LogP contribution < -0.4 is 0 Å². The molecule has 0 heteroatoms. The fraction of sp³-hybridized carbons (Fsp3) is 0.0312. The molecule has 0 aromatic heterocycles. The maximum atomic E-state index is 2.36. The molecule has 0 N–H and O–H groups in total. The molecule has 13 aromatic carbocycles. The summed E-state index contributed by atoms with van der Waals surface area (Å²) >= 11 is 0. The van der Waals surface area contributed by atoms with E-state index in [-0.39, 0.29) is 0 Å². The van der Waals surface area contributed by atoms with E-state index >= 15 is 0 Å². The number of rotatable bonds is 4. The van der Waals surface area contributed by atoms with Crippen molar-refractivity contribution in [3.05, 3.63) is 230 Å². The van der Waals surface area contributed by atoms with Crippen molar-refractivity contribution in [2.45, 2.75) is 13.8 Å². The highest BCUT2D eigenvalue weighted by atomic mass is 14.3. The van der Waals surface area contributed by atoms with Crippen LogP contribution in [0, 0.1) is 13.8 Å². The average Bonchev–Trinajstić information content (AvgIpc) is 3.35. The molecule has 0 nitrogen and oxygen atoms in total. The first-order valence-electron chi connectivity index (χ1n) is 22.4. The predicted octanol–water partition coefficient (Wildman–Crippen LogP) is 18.2. The maximum absolute atomic E-state index is 2.36. The summed E-state index contributed by atoms with van der Waals surface area (Å²) in [6, 6.07) is 81.8. The topological polar surface area (TPSA) is 0 Å². The van der Waals surface area contributed by atoms with Crippen LogP contribution in [0.5, 0.6) is 0 Å².